The highest BCUT2D eigenvalue weighted by Crippen LogP contribution is 2.30. The number of hydrogen-bond donors (Lipinski definition) is 1. The first-order valence-corrected chi connectivity index (χ1v) is 6.26. The zero-order chi connectivity index (χ0) is 13.0. The normalized spacial score (nSPS) is 17.3. The molecule has 1 saturated heterocycles. The fourth-order valence-corrected chi connectivity index (χ4v) is 1.97. The maximum absolute atomic E-state index is 6.17. The summed E-state index contributed by atoms with van der Waals surface area (Å²) in [5.74, 6) is 0.714. The quantitative estimate of drug-likeness (QED) is 0.807. The van der Waals surface area contributed by atoms with Crippen LogP contribution in [0.2, 0.25) is 5.02 Å². The highest BCUT2D eigenvalue weighted by molar-refractivity contribution is 6.32. The number of rotatable bonds is 6. The van der Waals surface area contributed by atoms with E-state index in [0.29, 0.717) is 23.9 Å². The van der Waals surface area contributed by atoms with Gasteiger partial charge >= 0.3 is 0 Å². The van der Waals surface area contributed by atoms with Crippen molar-refractivity contribution in [3.8, 4) is 5.75 Å². The zero-order valence-corrected chi connectivity index (χ0v) is 11.4. The molecule has 1 heterocycles. The molecule has 1 aliphatic heterocycles. The van der Waals surface area contributed by atoms with E-state index in [1.807, 2.05) is 18.2 Å². The SMILES string of the molecule is CONCc1ccc(OCC2(C)COC2)c(Cl)c1. The summed E-state index contributed by atoms with van der Waals surface area (Å²) in [7, 11) is 1.58. The molecule has 1 N–H and O–H groups in total. The Morgan fingerprint density at radius 2 is 2.22 bits per heavy atom. The second-order valence-corrected chi connectivity index (χ2v) is 5.29. The third kappa shape index (κ3) is 3.36. The molecular formula is C13H18ClNO3. The average Bonchev–Trinajstić information content (AvgIpc) is 2.33. The molecule has 0 saturated carbocycles. The fourth-order valence-electron chi connectivity index (χ4n) is 1.71. The number of benzene rings is 1. The van der Waals surface area contributed by atoms with Gasteiger partial charge in [-0.15, -0.1) is 0 Å². The fraction of sp³-hybridized carbons (Fsp3) is 0.538. The minimum atomic E-state index is 0.125. The molecule has 5 heteroatoms. The van der Waals surface area contributed by atoms with Crippen molar-refractivity contribution < 1.29 is 14.3 Å². The molecule has 100 valence electrons. The second kappa shape index (κ2) is 5.89. The lowest BCUT2D eigenvalue weighted by Crippen LogP contribution is -2.44. The van der Waals surface area contributed by atoms with Gasteiger partial charge in [-0.05, 0) is 17.7 Å². The molecule has 1 fully saturated rings. The predicted molar refractivity (Wildman–Crippen MR) is 69.7 cm³/mol. The first kappa shape index (κ1) is 13.6. The average molecular weight is 272 g/mol. The van der Waals surface area contributed by atoms with E-state index in [0.717, 1.165) is 18.8 Å². The van der Waals surface area contributed by atoms with Crippen LogP contribution in [0.4, 0.5) is 0 Å². The van der Waals surface area contributed by atoms with Gasteiger partial charge in [0, 0.05) is 12.0 Å². The molecule has 0 spiro atoms. The molecule has 0 atom stereocenters. The monoisotopic (exact) mass is 271 g/mol. The highest BCUT2D eigenvalue weighted by Gasteiger charge is 2.34. The maximum atomic E-state index is 6.17. The summed E-state index contributed by atoms with van der Waals surface area (Å²) >= 11 is 6.17. The summed E-state index contributed by atoms with van der Waals surface area (Å²) < 4.78 is 10.9. The predicted octanol–water partition coefficient (Wildman–Crippen LogP) is 2.41. The van der Waals surface area contributed by atoms with Gasteiger partial charge in [-0.25, -0.2) is 0 Å². The minimum Gasteiger partial charge on any atom is -0.491 e. The van der Waals surface area contributed by atoms with Gasteiger partial charge in [0.1, 0.15) is 5.75 Å². The maximum Gasteiger partial charge on any atom is 0.137 e. The van der Waals surface area contributed by atoms with Crippen molar-refractivity contribution in [1.29, 1.82) is 0 Å². The van der Waals surface area contributed by atoms with E-state index in [2.05, 4.69) is 12.4 Å². The minimum absolute atomic E-state index is 0.125. The highest BCUT2D eigenvalue weighted by atomic mass is 35.5. The third-order valence-corrected chi connectivity index (χ3v) is 3.19. The summed E-state index contributed by atoms with van der Waals surface area (Å²) in [5, 5.41) is 0.620. The Bertz CT molecular complexity index is 407. The van der Waals surface area contributed by atoms with Gasteiger partial charge in [0.05, 0.1) is 32.0 Å². The van der Waals surface area contributed by atoms with E-state index in [1.54, 1.807) is 7.11 Å². The van der Waals surface area contributed by atoms with Crippen molar-refractivity contribution in [3.63, 3.8) is 0 Å². The van der Waals surface area contributed by atoms with E-state index < -0.39 is 0 Å². The summed E-state index contributed by atoms with van der Waals surface area (Å²) in [4.78, 5) is 4.79. The van der Waals surface area contributed by atoms with Gasteiger partial charge < -0.3 is 14.3 Å². The molecular weight excluding hydrogens is 254 g/mol. The summed E-state index contributed by atoms with van der Waals surface area (Å²) in [6.07, 6.45) is 0. The Morgan fingerprint density at radius 3 is 2.78 bits per heavy atom. The van der Waals surface area contributed by atoms with Crippen LogP contribution < -0.4 is 10.2 Å². The standard InChI is InChI=1S/C13H18ClNO3/c1-13(7-17-8-13)9-18-12-4-3-10(5-11(12)14)6-15-16-2/h3-5,15H,6-9H2,1-2H3. The van der Waals surface area contributed by atoms with Crippen LogP contribution in [-0.4, -0.2) is 26.9 Å². The Balaban J connectivity index is 1.92. The lowest BCUT2D eigenvalue weighted by Gasteiger charge is -2.37. The Morgan fingerprint density at radius 1 is 1.44 bits per heavy atom. The van der Waals surface area contributed by atoms with Crippen molar-refractivity contribution >= 4 is 11.6 Å². The van der Waals surface area contributed by atoms with E-state index in [9.17, 15) is 0 Å². The zero-order valence-electron chi connectivity index (χ0n) is 10.7. The molecule has 0 unspecified atom stereocenters. The van der Waals surface area contributed by atoms with Gasteiger partial charge in [-0.2, -0.15) is 5.48 Å². The third-order valence-electron chi connectivity index (χ3n) is 2.89. The molecule has 1 aromatic rings. The van der Waals surface area contributed by atoms with Crippen LogP contribution in [0.3, 0.4) is 0 Å². The van der Waals surface area contributed by atoms with Crippen molar-refractivity contribution in [1.82, 2.24) is 5.48 Å². The largest absolute Gasteiger partial charge is 0.491 e. The molecule has 1 aliphatic rings. The Labute approximate surface area is 112 Å². The molecule has 2 rings (SSSR count). The lowest BCUT2D eigenvalue weighted by molar-refractivity contribution is -0.120. The number of ether oxygens (including phenoxy) is 2. The van der Waals surface area contributed by atoms with E-state index in [-0.39, 0.29) is 5.41 Å². The van der Waals surface area contributed by atoms with Crippen LogP contribution in [0.25, 0.3) is 0 Å². The van der Waals surface area contributed by atoms with Crippen LogP contribution in [0.1, 0.15) is 12.5 Å². The van der Waals surface area contributed by atoms with Gasteiger partial charge in [-0.1, -0.05) is 24.6 Å². The molecule has 0 bridgehead atoms. The van der Waals surface area contributed by atoms with Crippen LogP contribution in [0, 0.1) is 5.41 Å². The first-order valence-electron chi connectivity index (χ1n) is 5.88. The van der Waals surface area contributed by atoms with Crippen molar-refractivity contribution in [2.75, 3.05) is 26.9 Å². The van der Waals surface area contributed by atoms with Gasteiger partial charge in [-0.3, -0.25) is 0 Å². The van der Waals surface area contributed by atoms with Crippen molar-refractivity contribution in [2.45, 2.75) is 13.5 Å². The van der Waals surface area contributed by atoms with Gasteiger partial charge in [0.2, 0.25) is 0 Å². The van der Waals surface area contributed by atoms with Crippen LogP contribution in [0.15, 0.2) is 18.2 Å². The topological polar surface area (TPSA) is 39.7 Å². The summed E-state index contributed by atoms with van der Waals surface area (Å²) in [5.41, 5.74) is 3.94. The second-order valence-electron chi connectivity index (χ2n) is 4.88. The molecule has 18 heavy (non-hydrogen) atoms. The van der Waals surface area contributed by atoms with Crippen molar-refractivity contribution in [2.24, 2.45) is 5.41 Å². The molecule has 0 amide bonds. The van der Waals surface area contributed by atoms with E-state index in [4.69, 9.17) is 25.9 Å². The smallest absolute Gasteiger partial charge is 0.137 e. The molecule has 1 aromatic carbocycles. The lowest BCUT2D eigenvalue weighted by atomic mass is 9.90. The van der Waals surface area contributed by atoms with Crippen LogP contribution >= 0.6 is 11.6 Å². The Kier molecular flexibility index (Phi) is 4.45. The number of nitrogens with one attached hydrogen (secondary N) is 1. The Hall–Kier alpha value is -0.810. The first-order chi connectivity index (χ1) is 8.63. The molecule has 0 radical (unpaired) electrons. The molecule has 4 nitrogen and oxygen atoms in total. The van der Waals surface area contributed by atoms with Crippen LogP contribution in [0.5, 0.6) is 5.75 Å². The number of hydrogen-bond acceptors (Lipinski definition) is 4. The summed E-state index contributed by atoms with van der Waals surface area (Å²) in [6, 6.07) is 5.73. The number of hydroxylamine groups is 1. The van der Waals surface area contributed by atoms with Crippen LogP contribution in [-0.2, 0) is 16.1 Å². The molecule has 0 aliphatic carbocycles. The number of halogens is 1. The molecule has 0 aromatic heterocycles. The van der Waals surface area contributed by atoms with Gasteiger partial charge in [0.25, 0.3) is 0 Å². The van der Waals surface area contributed by atoms with E-state index >= 15 is 0 Å². The van der Waals surface area contributed by atoms with Crippen molar-refractivity contribution in [3.05, 3.63) is 28.8 Å². The van der Waals surface area contributed by atoms with E-state index in [1.165, 1.54) is 0 Å². The van der Waals surface area contributed by atoms with Gasteiger partial charge in [0.15, 0.2) is 0 Å². The summed E-state index contributed by atoms with van der Waals surface area (Å²) in [6.45, 7) is 4.88.